The van der Waals surface area contributed by atoms with Crippen LogP contribution < -0.4 is 0 Å². The van der Waals surface area contributed by atoms with E-state index in [1.165, 1.54) is 6.07 Å². The summed E-state index contributed by atoms with van der Waals surface area (Å²) in [5.74, 6) is -0.276. The van der Waals surface area contributed by atoms with Crippen LogP contribution in [0.4, 0.5) is 4.39 Å². The Bertz CT molecular complexity index is 662. The number of hydrogen-bond donors (Lipinski definition) is 1. The van der Waals surface area contributed by atoms with Gasteiger partial charge in [-0.3, -0.25) is 10.00 Å². The molecule has 0 saturated carbocycles. The van der Waals surface area contributed by atoms with Gasteiger partial charge in [0.2, 0.25) is 0 Å². The molecule has 0 amide bonds. The molecule has 0 spiro atoms. The zero-order chi connectivity index (χ0) is 14.1. The van der Waals surface area contributed by atoms with Gasteiger partial charge in [-0.25, -0.2) is 4.39 Å². The minimum Gasteiger partial charge on any atom is -0.299 e. The van der Waals surface area contributed by atoms with Gasteiger partial charge in [-0.15, -0.1) is 0 Å². The van der Waals surface area contributed by atoms with Gasteiger partial charge in [0.15, 0.2) is 0 Å². The summed E-state index contributed by atoms with van der Waals surface area (Å²) in [5, 5.41) is 8.15. The molecule has 2 heterocycles. The van der Waals surface area contributed by atoms with E-state index in [2.05, 4.69) is 28.1 Å². The molecule has 0 bridgehead atoms. The van der Waals surface area contributed by atoms with E-state index in [9.17, 15) is 4.39 Å². The number of nitrogens with one attached hydrogen (secondary N) is 1. The van der Waals surface area contributed by atoms with Crippen molar-refractivity contribution in [1.82, 2.24) is 15.1 Å². The second-order valence-electron chi connectivity index (χ2n) is 5.15. The Morgan fingerprint density at radius 2 is 2.30 bits per heavy atom. The van der Waals surface area contributed by atoms with E-state index in [0.29, 0.717) is 21.6 Å². The molecule has 3 nitrogen and oxygen atoms in total. The van der Waals surface area contributed by atoms with Gasteiger partial charge >= 0.3 is 0 Å². The fourth-order valence-corrected chi connectivity index (χ4v) is 2.98. The lowest BCUT2D eigenvalue weighted by Crippen LogP contribution is -2.30. The molecular formula is C15H17ClFN3. The average molecular weight is 294 g/mol. The maximum atomic E-state index is 14.1. The van der Waals surface area contributed by atoms with E-state index in [4.69, 9.17) is 11.6 Å². The van der Waals surface area contributed by atoms with Crippen LogP contribution in [0.2, 0.25) is 5.02 Å². The van der Waals surface area contributed by atoms with Gasteiger partial charge in [-0.1, -0.05) is 24.6 Å². The van der Waals surface area contributed by atoms with Gasteiger partial charge in [0.05, 0.1) is 21.6 Å². The van der Waals surface area contributed by atoms with Crippen LogP contribution in [0.3, 0.4) is 0 Å². The minimum absolute atomic E-state index is 0.276. The van der Waals surface area contributed by atoms with E-state index in [0.717, 1.165) is 38.0 Å². The highest BCUT2D eigenvalue weighted by Crippen LogP contribution is 2.31. The van der Waals surface area contributed by atoms with Crippen LogP contribution in [0.25, 0.3) is 16.5 Å². The largest absolute Gasteiger partial charge is 0.299 e. The molecule has 1 aliphatic rings. The van der Waals surface area contributed by atoms with Gasteiger partial charge in [0.1, 0.15) is 5.82 Å². The lowest BCUT2D eigenvalue weighted by molar-refractivity contribution is 0.305. The number of nitrogens with zero attached hydrogens (tertiary/aromatic N) is 2. The Kier molecular flexibility index (Phi) is 3.76. The highest BCUT2D eigenvalue weighted by Gasteiger charge is 2.20. The molecule has 0 aliphatic carbocycles. The number of aromatic amines is 1. The van der Waals surface area contributed by atoms with Crippen molar-refractivity contribution >= 4 is 28.1 Å². The molecule has 0 fully saturated rings. The molecule has 0 atom stereocenters. The van der Waals surface area contributed by atoms with Crippen molar-refractivity contribution in [2.45, 2.75) is 19.8 Å². The molecule has 1 aromatic heterocycles. The number of fused-ring (bicyclic) bond motifs is 1. The van der Waals surface area contributed by atoms with E-state index in [-0.39, 0.29) is 5.82 Å². The van der Waals surface area contributed by atoms with Crippen LogP contribution in [-0.2, 0) is 0 Å². The summed E-state index contributed by atoms with van der Waals surface area (Å²) in [5.41, 5.74) is 2.35. The van der Waals surface area contributed by atoms with E-state index < -0.39 is 0 Å². The normalized spacial score (nSPS) is 16.6. The minimum atomic E-state index is -0.276. The molecule has 0 saturated heterocycles. The topological polar surface area (TPSA) is 31.9 Å². The highest BCUT2D eigenvalue weighted by molar-refractivity contribution is 6.35. The van der Waals surface area contributed by atoms with Crippen molar-refractivity contribution in [3.05, 3.63) is 34.7 Å². The first kappa shape index (κ1) is 13.6. The van der Waals surface area contributed by atoms with Crippen LogP contribution in [0, 0.1) is 5.82 Å². The van der Waals surface area contributed by atoms with Crippen molar-refractivity contribution in [3.8, 4) is 0 Å². The third-order valence-electron chi connectivity index (χ3n) is 3.69. The lowest BCUT2D eigenvalue weighted by Gasteiger charge is -2.26. The van der Waals surface area contributed by atoms with Crippen LogP contribution >= 0.6 is 11.6 Å². The van der Waals surface area contributed by atoms with Crippen LogP contribution in [-0.4, -0.2) is 34.7 Å². The SMILES string of the molecule is CCCN1CCC=C(c2n[nH]c3c(Cl)ccc(F)c23)C1. The predicted molar refractivity (Wildman–Crippen MR) is 80.4 cm³/mol. The Hall–Kier alpha value is -1.39. The zero-order valence-electron chi connectivity index (χ0n) is 11.4. The number of H-pyrrole nitrogens is 1. The number of benzene rings is 1. The first-order valence-electron chi connectivity index (χ1n) is 6.94. The van der Waals surface area contributed by atoms with Gasteiger partial charge in [-0.05, 0) is 37.1 Å². The fraction of sp³-hybridized carbons (Fsp3) is 0.400. The number of aromatic nitrogens is 2. The summed E-state index contributed by atoms with van der Waals surface area (Å²) in [6.07, 6.45) is 4.25. The monoisotopic (exact) mass is 293 g/mol. The second kappa shape index (κ2) is 5.54. The highest BCUT2D eigenvalue weighted by atomic mass is 35.5. The molecule has 20 heavy (non-hydrogen) atoms. The summed E-state index contributed by atoms with van der Waals surface area (Å²) in [6, 6.07) is 2.96. The first-order valence-corrected chi connectivity index (χ1v) is 7.32. The summed E-state index contributed by atoms with van der Waals surface area (Å²) in [6.45, 7) is 5.10. The van der Waals surface area contributed by atoms with Gasteiger partial charge in [0.25, 0.3) is 0 Å². The second-order valence-corrected chi connectivity index (χ2v) is 5.55. The summed E-state index contributed by atoms with van der Waals surface area (Å²) < 4.78 is 14.1. The van der Waals surface area contributed by atoms with Gasteiger partial charge < -0.3 is 0 Å². The van der Waals surface area contributed by atoms with Crippen LogP contribution in [0.5, 0.6) is 0 Å². The van der Waals surface area contributed by atoms with Gasteiger partial charge in [0, 0.05) is 13.1 Å². The fourth-order valence-electron chi connectivity index (χ4n) is 2.78. The van der Waals surface area contributed by atoms with Crippen molar-refractivity contribution < 1.29 is 4.39 Å². The standard InChI is InChI=1S/C15H17ClFN3/c1-2-7-20-8-3-4-10(9-20)14-13-12(17)6-5-11(16)15(13)19-18-14/h4-6H,2-3,7-9H2,1H3,(H,18,19). The van der Waals surface area contributed by atoms with Crippen molar-refractivity contribution in [3.63, 3.8) is 0 Å². The molecule has 1 aromatic carbocycles. The molecule has 0 unspecified atom stereocenters. The molecule has 3 rings (SSSR count). The summed E-state index contributed by atoms with van der Waals surface area (Å²) in [7, 11) is 0. The van der Waals surface area contributed by atoms with Crippen molar-refractivity contribution in [2.75, 3.05) is 19.6 Å². The van der Waals surface area contributed by atoms with Gasteiger partial charge in [-0.2, -0.15) is 5.10 Å². The van der Waals surface area contributed by atoms with Crippen LogP contribution in [0.1, 0.15) is 25.5 Å². The Labute approximate surface area is 122 Å². The third kappa shape index (κ3) is 2.34. The lowest BCUT2D eigenvalue weighted by atomic mass is 10.0. The maximum Gasteiger partial charge on any atom is 0.134 e. The van der Waals surface area contributed by atoms with E-state index in [1.807, 2.05) is 0 Å². The molecule has 106 valence electrons. The smallest absolute Gasteiger partial charge is 0.134 e. The summed E-state index contributed by atoms with van der Waals surface area (Å²) >= 11 is 6.09. The summed E-state index contributed by atoms with van der Waals surface area (Å²) in [4.78, 5) is 2.37. The molecule has 1 aliphatic heterocycles. The molecule has 2 aromatic rings. The zero-order valence-corrected chi connectivity index (χ0v) is 12.2. The first-order chi connectivity index (χ1) is 9.70. The number of hydrogen-bond acceptors (Lipinski definition) is 2. The number of rotatable bonds is 3. The quantitative estimate of drug-likeness (QED) is 0.932. The average Bonchev–Trinajstić information content (AvgIpc) is 2.90. The van der Waals surface area contributed by atoms with Crippen molar-refractivity contribution in [1.29, 1.82) is 0 Å². The van der Waals surface area contributed by atoms with Crippen LogP contribution in [0.15, 0.2) is 18.2 Å². The molecule has 5 heteroatoms. The predicted octanol–water partition coefficient (Wildman–Crippen LogP) is 3.85. The Balaban J connectivity index is 2.02. The van der Waals surface area contributed by atoms with E-state index in [1.54, 1.807) is 6.07 Å². The Morgan fingerprint density at radius 1 is 1.45 bits per heavy atom. The number of halogens is 2. The van der Waals surface area contributed by atoms with E-state index >= 15 is 0 Å². The molecule has 0 radical (unpaired) electrons. The maximum absolute atomic E-state index is 14.1. The third-order valence-corrected chi connectivity index (χ3v) is 4.01. The molecule has 1 N–H and O–H groups in total. The molecular weight excluding hydrogens is 277 g/mol. The Morgan fingerprint density at radius 3 is 3.10 bits per heavy atom. The van der Waals surface area contributed by atoms with Crippen molar-refractivity contribution in [2.24, 2.45) is 0 Å².